The fraction of sp³-hybridized carbons (Fsp3) is 0.467. The molecule has 0 radical (unpaired) electrons. The summed E-state index contributed by atoms with van der Waals surface area (Å²) in [5.74, 6) is 1.54. The minimum atomic E-state index is 0.338. The summed E-state index contributed by atoms with van der Waals surface area (Å²) in [6.07, 6.45) is 0. The Hall–Kier alpha value is -0.910. The van der Waals surface area contributed by atoms with Gasteiger partial charge in [0.2, 0.25) is 0 Å². The Morgan fingerprint density at radius 2 is 1.80 bits per heavy atom. The van der Waals surface area contributed by atoms with Crippen LogP contribution >= 0.6 is 23.1 Å². The molecule has 20 heavy (non-hydrogen) atoms. The maximum Gasteiger partial charge on any atom is 0.174 e. The highest BCUT2D eigenvalue weighted by atomic mass is 32.2. The molecule has 3 nitrogen and oxygen atoms in total. The summed E-state index contributed by atoms with van der Waals surface area (Å²) in [5, 5.41) is 12.6. The molecule has 0 aliphatic rings. The smallest absolute Gasteiger partial charge is 0.174 e. The van der Waals surface area contributed by atoms with E-state index in [0.717, 1.165) is 15.1 Å². The van der Waals surface area contributed by atoms with Crippen LogP contribution in [0.5, 0.6) is 0 Å². The summed E-state index contributed by atoms with van der Waals surface area (Å²) in [4.78, 5) is 0. The summed E-state index contributed by atoms with van der Waals surface area (Å²) in [5.41, 5.74) is 2.71. The molecule has 5 heteroatoms. The second kappa shape index (κ2) is 7.20. The van der Waals surface area contributed by atoms with E-state index < -0.39 is 0 Å². The molecule has 108 valence electrons. The summed E-state index contributed by atoms with van der Waals surface area (Å²) >= 11 is 3.42. The highest BCUT2D eigenvalue weighted by Crippen LogP contribution is 2.27. The molecule has 2 rings (SSSR count). The van der Waals surface area contributed by atoms with Gasteiger partial charge in [0.1, 0.15) is 5.01 Å². The van der Waals surface area contributed by atoms with Gasteiger partial charge in [0.15, 0.2) is 4.34 Å². The number of aryl methyl sites for hydroxylation is 1. The Morgan fingerprint density at radius 3 is 2.30 bits per heavy atom. The second-order valence-electron chi connectivity index (χ2n) is 5.06. The number of nitrogens with one attached hydrogen (secondary N) is 1. The van der Waals surface area contributed by atoms with Crippen LogP contribution in [-0.2, 0) is 0 Å². The molecule has 0 bridgehead atoms. The van der Waals surface area contributed by atoms with E-state index >= 15 is 0 Å². The minimum Gasteiger partial charge on any atom is -0.312 e. The normalized spacial score (nSPS) is 12.8. The quantitative estimate of drug-likeness (QED) is 0.818. The Labute approximate surface area is 129 Å². The van der Waals surface area contributed by atoms with Crippen LogP contribution in [0, 0.1) is 6.92 Å². The average molecular weight is 307 g/mol. The molecule has 0 amide bonds. The highest BCUT2D eigenvalue weighted by molar-refractivity contribution is 8.01. The molecular formula is C15H21N3S2. The third-order valence-electron chi connectivity index (χ3n) is 3.23. The number of hydrogen-bond acceptors (Lipinski definition) is 5. The Bertz CT molecular complexity index is 534. The van der Waals surface area contributed by atoms with Crippen molar-refractivity contribution in [1.29, 1.82) is 0 Å². The van der Waals surface area contributed by atoms with Crippen molar-refractivity contribution in [3.8, 4) is 0 Å². The molecule has 1 heterocycles. The van der Waals surface area contributed by atoms with Crippen molar-refractivity contribution < 1.29 is 0 Å². The van der Waals surface area contributed by atoms with Crippen LogP contribution in [0.2, 0.25) is 0 Å². The molecule has 2 aromatic rings. The predicted molar refractivity (Wildman–Crippen MR) is 87.7 cm³/mol. The zero-order valence-corrected chi connectivity index (χ0v) is 14.0. The van der Waals surface area contributed by atoms with E-state index in [4.69, 9.17) is 0 Å². The van der Waals surface area contributed by atoms with Crippen molar-refractivity contribution in [3.05, 3.63) is 40.4 Å². The Balaban J connectivity index is 2.00. The molecule has 1 aromatic heterocycles. The van der Waals surface area contributed by atoms with Crippen LogP contribution in [0.1, 0.15) is 41.9 Å². The lowest BCUT2D eigenvalue weighted by molar-refractivity contribution is 0.661. The van der Waals surface area contributed by atoms with E-state index in [-0.39, 0.29) is 0 Å². The lowest BCUT2D eigenvalue weighted by Crippen LogP contribution is -2.18. The lowest BCUT2D eigenvalue weighted by atomic mass is 10.00. The first kappa shape index (κ1) is 15.5. The van der Waals surface area contributed by atoms with Crippen molar-refractivity contribution in [3.63, 3.8) is 0 Å². The Morgan fingerprint density at radius 1 is 1.15 bits per heavy atom. The third-order valence-corrected chi connectivity index (χ3v) is 5.30. The maximum absolute atomic E-state index is 4.16. The first-order valence-corrected chi connectivity index (χ1v) is 8.60. The maximum atomic E-state index is 4.16. The topological polar surface area (TPSA) is 37.8 Å². The molecule has 0 fully saturated rings. The van der Waals surface area contributed by atoms with Crippen molar-refractivity contribution in [2.75, 3.05) is 12.8 Å². The summed E-state index contributed by atoms with van der Waals surface area (Å²) in [6, 6.07) is 9.24. The van der Waals surface area contributed by atoms with Gasteiger partial charge in [-0.05, 0) is 31.0 Å². The number of hydrogen-bond donors (Lipinski definition) is 1. The van der Waals surface area contributed by atoms with Gasteiger partial charge in [-0.25, -0.2) is 0 Å². The molecule has 0 saturated carbocycles. The highest BCUT2D eigenvalue weighted by Gasteiger charge is 2.12. The fourth-order valence-corrected chi connectivity index (χ4v) is 3.94. The van der Waals surface area contributed by atoms with E-state index in [0.29, 0.717) is 12.0 Å². The Kier molecular flexibility index (Phi) is 5.57. The summed E-state index contributed by atoms with van der Waals surface area (Å²) in [7, 11) is 2.01. The summed E-state index contributed by atoms with van der Waals surface area (Å²) in [6.45, 7) is 6.43. The van der Waals surface area contributed by atoms with Gasteiger partial charge in [-0.15, -0.1) is 10.2 Å². The van der Waals surface area contributed by atoms with Gasteiger partial charge in [-0.2, -0.15) is 0 Å². The third kappa shape index (κ3) is 4.04. The van der Waals surface area contributed by atoms with E-state index in [9.17, 15) is 0 Å². The standard InChI is InChI=1S/C15H21N3S2/c1-10(2)12-5-7-13(8-6-12)14(16-4)9-19-15-18-17-11(3)20-15/h5-8,10,14,16H,9H2,1-4H3. The van der Waals surface area contributed by atoms with Crippen molar-refractivity contribution in [1.82, 2.24) is 15.5 Å². The zero-order chi connectivity index (χ0) is 14.5. The van der Waals surface area contributed by atoms with Crippen LogP contribution in [0.3, 0.4) is 0 Å². The first-order valence-electron chi connectivity index (χ1n) is 6.80. The fourth-order valence-electron chi connectivity index (χ4n) is 1.95. The SMILES string of the molecule is CNC(CSc1nnc(C)s1)c1ccc(C(C)C)cc1. The van der Waals surface area contributed by atoms with Crippen LogP contribution < -0.4 is 5.32 Å². The van der Waals surface area contributed by atoms with E-state index in [1.165, 1.54) is 11.1 Å². The number of nitrogens with zero attached hydrogens (tertiary/aromatic N) is 2. The molecule has 0 aliphatic carbocycles. The molecule has 0 spiro atoms. The van der Waals surface area contributed by atoms with Crippen LogP contribution in [0.15, 0.2) is 28.6 Å². The van der Waals surface area contributed by atoms with Crippen molar-refractivity contribution in [2.24, 2.45) is 0 Å². The van der Waals surface area contributed by atoms with Gasteiger partial charge >= 0.3 is 0 Å². The summed E-state index contributed by atoms with van der Waals surface area (Å²) < 4.78 is 1.04. The van der Waals surface area contributed by atoms with Gasteiger partial charge in [0.25, 0.3) is 0 Å². The van der Waals surface area contributed by atoms with Crippen molar-refractivity contribution in [2.45, 2.75) is 37.1 Å². The molecule has 1 N–H and O–H groups in total. The number of aromatic nitrogens is 2. The largest absolute Gasteiger partial charge is 0.312 e. The van der Waals surface area contributed by atoms with Gasteiger partial charge < -0.3 is 5.32 Å². The van der Waals surface area contributed by atoms with Gasteiger partial charge in [0.05, 0.1) is 0 Å². The van der Waals surface area contributed by atoms with Crippen LogP contribution in [-0.4, -0.2) is 23.0 Å². The van der Waals surface area contributed by atoms with E-state index in [1.54, 1.807) is 23.1 Å². The van der Waals surface area contributed by atoms with Crippen LogP contribution in [0.4, 0.5) is 0 Å². The monoisotopic (exact) mass is 307 g/mol. The second-order valence-corrected chi connectivity index (χ2v) is 7.51. The van der Waals surface area contributed by atoms with Gasteiger partial charge in [-0.3, -0.25) is 0 Å². The molecule has 0 saturated heterocycles. The average Bonchev–Trinajstić information content (AvgIpc) is 2.86. The predicted octanol–water partition coefficient (Wildman–Crippen LogP) is 4.02. The van der Waals surface area contributed by atoms with Gasteiger partial charge in [-0.1, -0.05) is 61.2 Å². The molecule has 1 atom stereocenters. The number of benzene rings is 1. The first-order chi connectivity index (χ1) is 9.60. The van der Waals surface area contributed by atoms with E-state index in [1.807, 2.05) is 14.0 Å². The minimum absolute atomic E-state index is 0.338. The van der Waals surface area contributed by atoms with Crippen LogP contribution in [0.25, 0.3) is 0 Å². The number of rotatable bonds is 6. The zero-order valence-electron chi connectivity index (χ0n) is 12.4. The molecule has 1 aromatic carbocycles. The number of thioether (sulfide) groups is 1. The molecular weight excluding hydrogens is 286 g/mol. The van der Waals surface area contributed by atoms with E-state index in [2.05, 4.69) is 53.6 Å². The lowest BCUT2D eigenvalue weighted by Gasteiger charge is -2.16. The van der Waals surface area contributed by atoms with Crippen molar-refractivity contribution >= 4 is 23.1 Å². The molecule has 0 aliphatic heterocycles. The van der Waals surface area contributed by atoms with Gasteiger partial charge in [0, 0.05) is 11.8 Å². The molecule has 1 unspecified atom stereocenters.